The predicted octanol–water partition coefficient (Wildman–Crippen LogP) is 2.88. The minimum Gasteiger partial charge on any atom is -0.381 e. The van der Waals surface area contributed by atoms with Gasteiger partial charge >= 0.3 is 0 Å². The van der Waals surface area contributed by atoms with E-state index < -0.39 is 0 Å². The quantitative estimate of drug-likeness (QED) is 0.928. The number of aromatic nitrogens is 2. The maximum atomic E-state index is 5.34. The average Bonchev–Trinajstić information content (AvgIpc) is 2.97. The Labute approximate surface area is 118 Å². The Morgan fingerprint density at radius 3 is 2.70 bits per heavy atom. The molecule has 0 unspecified atom stereocenters. The number of aryl methyl sites for hydroxylation is 1. The van der Waals surface area contributed by atoms with Crippen LogP contribution in [0.1, 0.15) is 36.0 Å². The van der Waals surface area contributed by atoms with Crippen molar-refractivity contribution in [1.29, 1.82) is 0 Å². The number of nitrogens with zero attached hydrogens (tertiary/aromatic N) is 2. The Morgan fingerprint density at radius 2 is 1.95 bits per heavy atom. The highest BCUT2D eigenvalue weighted by atomic mass is 16.5. The summed E-state index contributed by atoms with van der Waals surface area (Å²) >= 11 is 0. The van der Waals surface area contributed by atoms with Crippen LogP contribution in [0.5, 0.6) is 0 Å². The second-order valence-corrected chi connectivity index (χ2v) is 5.15. The first kappa shape index (κ1) is 13.1. The Morgan fingerprint density at radius 1 is 1.20 bits per heavy atom. The second-order valence-electron chi connectivity index (χ2n) is 5.15. The van der Waals surface area contributed by atoms with E-state index in [0.29, 0.717) is 18.4 Å². The van der Waals surface area contributed by atoms with Crippen molar-refractivity contribution in [3.05, 3.63) is 41.5 Å². The zero-order valence-corrected chi connectivity index (χ0v) is 11.6. The molecule has 1 aliphatic rings. The SMILES string of the molecule is Cc1ccc(NCc2nc(C3CCOCC3)no2)cc1. The number of nitrogens with one attached hydrogen (secondary N) is 1. The molecule has 0 spiro atoms. The fourth-order valence-corrected chi connectivity index (χ4v) is 2.31. The lowest BCUT2D eigenvalue weighted by atomic mass is 10.00. The van der Waals surface area contributed by atoms with E-state index in [2.05, 4.69) is 34.5 Å². The molecule has 1 aromatic carbocycles. The van der Waals surface area contributed by atoms with Crippen molar-refractivity contribution >= 4 is 5.69 Å². The molecule has 5 heteroatoms. The van der Waals surface area contributed by atoms with Crippen molar-refractivity contribution in [2.75, 3.05) is 18.5 Å². The molecule has 0 saturated carbocycles. The highest BCUT2D eigenvalue weighted by Gasteiger charge is 2.21. The summed E-state index contributed by atoms with van der Waals surface area (Å²) < 4.78 is 10.6. The van der Waals surface area contributed by atoms with Crippen LogP contribution in [0, 0.1) is 6.92 Å². The van der Waals surface area contributed by atoms with Crippen molar-refractivity contribution in [3.8, 4) is 0 Å². The lowest BCUT2D eigenvalue weighted by molar-refractivity contribution is 0.0830. The van der Waals surface area contributed by atoms with E-state index in [-0.39, 0.29) is 0 Å². The van der Waals surface area contributed by atoms with E-state index in [1.807, 2.05) is 12.1 Å². The minimum atomic E-state index is 0.376. The molecule has 1 N–H and O–H groups in total. The number of hydrogen-bond acceptors (Lipinski definition) is 5. The topological polar surface area (TPSA) is 60.2 Å². The molecule has 1 aliphatic heterocycles. The maximum absolute atomic E-state index is 5.34. The summed E-state index contributed by atoms with van der Waals surface area (Å²) in [7, 11) is 0. The van der Waals surface area contributed by atoms with Crippen LogP contribution < -0.4 is 5.32 Å². The van der Waals surface area contributed by atoms with Crippen LogP contribution in [0.2, 0.25) is 0 Å². The number of rotatable bonds is 4. The summed E-state index contributed by atoms with van der Waals surface area (Å²) in [6.45, 7) is 4.20. The zero-order chi connectivity index (χ0) is 13.8. The second kappa shape index (κ2) is 6.05. The van der Waals surface area contributed by atoms with Crippen LogP contribution in [-0.4, -0.2) is 23.4 Å². The average molecular weight is 273 g/mol. The van der Waals surface area contributed by atoms with Crippen molar-refractivity contribution in [1.82, 2.24) is 10.1 Å². The van der Waals surface area contributed by atoms with E-state index in [0.717, 1.165) is 37.6 Å². The standard InChI is InChI=1S/C15H19N3O2/c1-11-2-4-13(5-3-11)16-10-14-17-15(18-20-14)12-6-8-19-9-7-12/h2-5,12,16H,6-10H2,1H3. The van der Waals surface area contributed by atoms with E-state index in [4.69, 9.17) is 9.26 Å². The molecule has 0 atom stereocenters. The smallest absolute Gasteiger partial charge is 0.245 e. The summed E-state index contributed by atoms with van der Waals surface area (Å²) in [4.78, 5) is 4.47. The van der Waals surface area contributed by atoms with Gasteiger partial charge in [-0.1, -0.05) is 22.9 Å². The Kier molecular flexibility index (Phi) is 3.97. The molecular weight excluding hydrogens is 254 g/mol. The van der Waals surface area contributed by atoms with Crippen molar-refractivity contribution < 1.29 is 9.26 Å². The van der Waals surface area contributed by atoms with E-state index in [9.17, 15) is 0 Å². The third-order valence-corrected chi connectivity index (χ3v) is 3.57. The molecule has 106 valence electrons. The van der Waals surface area contributed by atoms with Crippen LogP contribution in [0.25, 0.3) is 0 Å². The molecule has 2 heterocycles. The molecule has 1 fully saturated rings. The number of ether oxygens (including phenoxy) is 1. The van der Waals surface area contributed by atoms with Crippen LogP contribution in [0.4, 0.5) is 5.69 Å². The molecule has 2 aromatic rings. The summed E-state index contributed by atoms with van der Waals surface area (Å²) in [5.41, 5.74) is 2.30. The first-order valence-electron chi connectivity index (χ1n) is 7.02. The molecule has 0 radical (unpaired) electrons. The highest BCUT2D eigenvalue weighted by Crippen LogP contribution is 2.24. The molecule has 1 saturated heterocycles. The molecular formula is C15H19N3O2. The molecule has 5 nitrogen and oxygen atoms in total. The van der Waals surface area contributed by atoms with Crippen molar-refractivity contribution in [2.45, 2.75) is 32.2 Å². The zero-order valence-electron chi connectivity index (χ0n) is 11.6. The fourth-order valence-electron chi connectivity index (χ4n) is 2.31. The van der Waals surface area contributed by atoms with Crippen molar-refractivity contribution in [2.24, 2.45) is 0 Å². The van der Waals surface area contributed by atoms with Crippen LogP contribution in [-0.2, 0) is 11.3 Å². The van der Waals surface area contributed by atoms with Gasteiger partial charge in [0.25, 0.3) is 0 Å². The van der Waals surface area contributed by atoms with Gasteiger partial charge in [-0.3, -0.25) is 0 Å². The predicted molar refractivity (Wildman–Crippen MR) is 75.6 cm³/mol. The monoisotopic (exact) mass is 273 g/mol. The maximum Gasteiger partial charge on any atom is 0.245 e. The van der Waals surface area contributed by atoms with Gasteiger partial charge in [-0.15, -0.1) is 0 Å². The number of benzene rings is 1. The van der Waals surface area contributed by atoms with Crippen molar-refractivity contribution in [3.63, 3.8) is 0 Å². The minimum absolute atomic E-state index is 0.376. The third-order valence-electron chi connectivity index (χ3n) is 3.57. The van der Waals surface area contributed by atoms with Gasteiger partial charge in [-0.25, -0.2) is 0 Å². The molecule has 0 amide bonds. The first-order valence-corrected chi connectivity index (χ1v) is 7.02. The highest BCUT2D eigenvalue weighted by molar-refractivity contribution is 5.44. The normalized spacial score (nSPS) is 16.2. The Bertz CT molecular complexity index is 545. The molecule has 1 aromatic heterocycles. The molecule has 20 heavy (non-hydrogen) atoms. The third kappa shape index (κ3) is 3.17. The number of anilines is 1. The fraction of sp³-hybridized carbons (Fsp3) is 0.467. The van der Waals surface area contributed by atoms with Crippen LogP contribution in [0.3, 0.4) is 0 Å². The van der Waals surface area contributed by atoms with E-state index in [1.54, 1.807) is 0 Å². The Balaban J connectivity index is 1.58. The first-order chi connectivity index (χ1) is 9.81. The van der Waals surface area contributed by atoms with E-state index in [1.165, 1.54) is 5.56 Å². The number of hydrogen-bond donors (Lipinski definition) is 1. The van der Waals surface area contributed by atoms with Gasteiger partial charge in [0.2, 0.25) is 5.89 Å². The van der Waals surface area contributed by atoms with Gasteiger partial charge in [0.05, 0.1) is 6.54 Å². The molecule has 0 aliphatic carbocycles. The summed E-state index contributed by atoms with van der Waals surface area (Å²) in [5, 5.41) is 7.37. The van der Waals surface area contributed by atoms with Gasteiger partial charge in [0.1, 0.15) is 0 Å². The van der Waals surface area contributed by atoms with Crippen LogP contribution >= 0.6 is 0 Å². The summed E-state index contributed by atoms with van der Waals surface area (Å²) in [6, 6.07) is 8.24. The largest absolute Gasteiger partial charge is 0.381 e. The molecule has 0 bridgehead atoms. The van der Waals surface area contributed by atoms with Gasteiger partial charge < -0.3 is 14.6 Å². The van der Waals surface area contributed by atoms with Gasteiger partial charge in [-0.2, -0.15) is 4.98 Å². The van der Waals surface area contributed by atoms with Gasteiger partial charge in [0, 0.05) is 24.8 Å². The molecule has 3 rings (SSSR count). The van der Waals surface area contributed by atoms with E-state index >= 15 is 0 Å². The lowest BCUT2D eigenvalue weighted by Crippen LogP contribution is -2.15. The van der Waals surface area contributed by atoms with Gasteiger partial charge in [-0.05, 0) is 31.9 Å². The summed E-state index contributed by atoms with van der Waals surface area (Å²) in [6.07, 6.45) is 1.95. The lowest BCUT2D eigenvalue weighted by Gasteiger charge is -2.18. The summed E-state index contributed by atoms with van der Waals surface area (Å²) in [5.74, 6) is 1.82. The van der Waals surface area contributed by atoms with Gasteiger partial charge in [0.15, 0.2) is 5.82 Å². The Hall–Kier alpha value is -1.88. The van der Waals surface area contributed by atoms with Crippen LogP contribution in [0.15, 0.2) is 28.8 Å².